The first-order chi connectivity index (χ1) is 9.20. The van der Waals surface area contributed by atoms with Crippen LogP contribution >= 0.6 is 15.9 Å². The van der Waals surface area contributed by atoms with E-state index in [2.05, 4.69) is 27.3 Å². The quantitative estimate of drug-likeness (QED) is 0.890. The summed E-state index contributed by atoms with van der Waals surface area (Å²) in [6, 6.07) is 16.2. The predicted octanol–water partition coefficient (Wildman–Crippen LogP) is 4.66. The second-order valence-electron chi connectivity index (χ2n) is 4.09. The van der Waals surface area contributed by atoms with Crippen LogP contribution in [0.1, 0.15) is 18.0 Å². The highest BCUT2D eigenvalue weighted by Crippen LogP contribution is 2.28. The molecule has 4 heteroatoms. The lowest BCUT2D eigenvalue weighted by atomic mass is 10.0. The van der Waals surface area contributed by atoms with Crippen molar-refractivity contribution in [3.05, 3.63) is 64.4 Å². The number of nitrogens with one attached hydrogen (secondary N) is 1. The maximum absolute atomic E-state index is 13.0. The fraction of sp³-hybridized carbons (Fsp3) is 0.133. The topological polar surface area (TPSA) is 35.8 Å². The molecule has 1 N–H and O–H groups in total. The van der Waals surface area contributed by atoms with Gasteiger partial charge in [0.1, 0.15) is 5.82 Å². The summed E-state index contributed by atoms with van der Waals surface area (Å²) in [5.41, 5.74) is 1.80. The molecule has 0 saturated carbocycles. The van der Waals surface area contributed by atoms with E-state index in [0.717, 1.165) is 11.3 Å². The number of hydrogen-bond acceptors (Lipinski definition) is 2. The van der Waals surface area contributed by atoms with E-state index >= 15 is 0 Å². The molecule has 0 fully saturated rings. The SMILES string of the molecule is N#CCC(Nc1ccc(F)cc1Br)c1ccccc1. The van der Waals surface area contributed by atoms with Crippen molar-refractivity contribution >= 4 is 21.6 Å². The molecule has 2 aromatic rings. The lowest BCUT2D eigenvalue weighted by molar-refractivity contribution is 0.627. The largest absolute Gasteiger partial charge is 0.376 e. The fourth-order valence-electron chi connectivity index (χ4n) is 1.82. The van der Waals surface area contributed by atoms with Crippen molar-refractivity contribution < 1.29 is 4.39 Å². The van der Waals surface area contributed by atoms with Gasteiger partial charge in [0.2, 0.25) is 0 Å². The summed E-state index contributed by atoms with van der Waals surface area (Å²) in [6.07, 6.45) is 0.341. The van der Waals surface area contributed by atoms with Crippen LogP contribution in [0.5, 0.6) is 0 Å². The van der Waals surface area contributed by atoms with Crippen molar-refractivity contribution in [3.8, 4) is 6.07 Å². The van der Waals surface area contributed by atoms with Gasteiger partial charge < -0.3 is 5.32 Å². The van der Waals surface area contributed by atoms with E-state index in [0.29, 0.717) is 10.9 Å². The first-order valence-electron chi connectivity index (χ1n) is 5.84. The summed E-state index contributed by atoms with van der Waals surface area (Å²) in [6.45, 7) is 0. The molecule has 0 aliphatic carbocycles. The van der Waals surface area contributed by atoms with E-state index in [1.54, 1.807) is 6.07 Å². The Morgan fingerprint density at radius 2 is 1.95 bits per heavy atom. The van der Waals surface area contributed by atoms with Gasteiger partial charge in [-0.3, -0.25) is 0 Å². The monoisotopic (exact) mass is 318 g/mol. The molecule has 0 aliphatic heterocycles. The van der Waals surface area contributed by atoms with E-state index < -0.39 is 0 Å². The Morgan fingerprint density at radius 3 is 2.58 bits per heavy atom. The predicted molar refractivity (Wildman–Crippen MR) is 77.1 cm³/mol. The number of nitriles is 1. The minimum absolute atomic E-state index is 0.118. The molecular weight excluding hydrogens is 307 g/mol. The third-order valence-corrected chi connectivity index (χ3v) is 3.41. The molecule has 0 bridgehead atoms. The lowest BCUT2D eigenvalue weighted by Crippen LogP contribution is -2.10. The Morgan fingerprint density at radius 1 is 1.21 bits per heavy atom. The van der Waals surface area contributed by atoms with E-state index in [4.69, 9.17) is 5.26 Å². The Balaban J connectivity index is 2.24. The summed E-state index contributed by atoms with van der Waals surface area (Å²) in [4.78, 5) is 0. The van der Waals surface area contributed by atoms with Crippen LogP contribution in [0.3, 0.4) is 0 Å². The van der Waals surface area contributed by atoms with E-state index in [1.165, 1.54) is 12.1 Å². The van der Waals surface area contributed by atoms with Crippen molar-refractivity contribution in [1.82, 2.24) is 0 Å². The summed E-state index contributed by atoms with van der Waals surface area (Å²) in [7, 11) is 0. The number of halogens is 2. The zero-order valence-electron chi connectivity index (χ0n) is 10.1. The highest BCUT2D eigenvalue weighted by molar-refractivity contribution is 9.10. The normalized spacial score (nSPS) is 11.6. The van der Waals surface area contributed by atoms with Crippen molar-refractivity contribution in [1.29, 1.82) is 5.26 Å². The minimum atomic E-state index is -0.297. The van der Waals surface area contributed by atoms with Gasteiger partial charge in [-0.15, -0.1) is 0 Å². The van der Waals surface area contributed by atoms with Gasteiger partial charge >= 0.3 is 0 Å². The molecule has 2 nitrogen and oxygen atoms in total. The molecule has 0 aromatic heterocycles. The fourth-order valence-corrected chi connectivity index (χ4v) is 2.29. The van der Waals surface area contributed by atoms with Gasteiger partial charge in [-0.2, -0.15) is 5.26 Å². The highest BCUT2D eigenvalue weighted by atomic mass is 79.9. The molecule has 1 atom stereocenters. The molecular formula is C15H12BrFN2. The second-order valence-corrected chi connectivity index (χ2v) is 4.95. The molecule has 0 amide bonds. The number of rotatable bonds is 4. The Kier molecular flexibility index (Phi) is 4.53. The van der Waals surface area contributed by atoms with Gasteiger partial charge in [-0.1, -0.05) is 30.3 Å². The summed E-state index contributed by atoms with van der Waals surface area (Å²) >= 11 is 3.31. The summed E-state index contributed by atoms with van der Waals surface area (Å²) < 4.78 is 13.7. The van der Waals surface area contributed by atoms with Gasteiger partial charge in [-0.25, -0.2) is 4.39 Å². The van der Waals surface area contributed by atoms with Crippen LogP contribution in [0, 0.1) is 17.1 Å². The third kappa shape index (κ3) is 3.55. The maximum Gasteiger partial charge on any atom is 0.124 e. The van der Waals surface area contributed by atoms with Gasteiger partial charge in [-0.05, 0) is 39.7 Å². The molecule has 96 valence electrons. The summed E-state index contributed by atoms with van der Waals surface area (Å²) in [5, 5.41) is 12.2. The van der Waals surface area contributed by atoms with Crippen LogP contribution < -0.4 is 5.32 Å². The van der Waals surface area contributed by atoms with Crippen LogP contribution in [0.4, 0.5) is 10.1 Å². The van der Waals surface area contributed by atoms with Gasteiger partial charge in [0.25, 0.3) is 0 Å². The number of benzene rings is 2. The molecule has 0 spiro atoms. The third-order valence-electron chi connectivity index (χ3n) is 2.76. The van der Waals surface area contributed by atoms with Crippen LogP contribution in [-0.4, -0.2) is 0 Å². The number of anilines is 1. The molecule has 0 saturated heterocycles. The first-order valence-corrected chi connectivity index (χ1v) is 6.63. The highest BCUT2D eigenvalue weighted by Gasteiger charge is 2.12. The zero-order valence-corrected chi connectivity index (χ0v) is 11.7. The smallest absolute Gasteiger partial charge is 0.124 e. The van der Waals surface area contributed by atoms with Crippen LogP contribution in [0.25, 0.3) is 0 Å². The average molecular weight is 319 g/mol. The van der Waals surface area contributed by atoms with Gasteiger partial charge in [0.05, 0.1) is 18.5 Å². The van der Waals surface area contributed by atoms with Gasteiger partial charge in [0, 0.05) is 10.2 Å². The van der Waals surface area contributed by atoms with Crippen LogP contribution in [-0.2, 0) is 0 Å². The van der Waals surface area contributed by atoms with E-state index in [9.17, 15) is 4.39 Å². The molecule has 19 heavy (non-hydrogen) atoms. The Bertz CT molecular complexity index is 593. The standard InChI is InChI=1S/C15H12BrFN2/c16-13-10-12(17)6-7-15(13)19-14(8-9-18)11-4-2-1-3-5-11/h1-7,10,14,19H,8H2. The number of nitrogens with zero attached hydrogens (tertiary/aromatic N) is 1. The molecule has 2 aromatic carbocycles. The van der Waals surface area contributed by atoms with E-state index in [1.807, 2.05) is 30.3 Å². The average Bonchev–Trinajstić information content (AvgIpc) is 2.42. The first kappa shape index (κ1) is 13.6. The summed E-state index contributed by atoms with van der Waals surface area (Å²) in [5.74, 6) is -0.297. The van der Waals surface area contributed by atoms with Gasteiger partial charge in [0.15, 0.2) is 0 Å². The van der Waals surface area contributed by atoms with E-state index in [-0.39, 0.29) is 11.9 Å². The molecule has 0 radical (unpaired) electrons. The molecule has 0 heterocycles. The second kappa shape index (κ2) is 6.35. The van der Waals surface area contributed by atoms with Crippen molar-refractivity contribution in [2.45, 2.75) is 12.5 Å². The maximum atomic E-state index is 13.0. The molecule has 0 aliphatic rings. The Hall–Kier alpha value is -1.86. The molecule has 1 unspecified atom stereocenters. The Labute approximate surface area is 120 Å². The van der Waals surface area contributed by atoms with Crippen LogP contribution in [0.15, 0.2) is 53.0 Å². The number of hydrogen-bond donors (Lipinski definition) is 1. The lowest BCUT2D eigenvalue weighted by Gasteiger charge is -2.18. The van der Waals surface area contributed by atoms with Crippen LogP contribution in [0.2, 0.25) is 0 Å². The zero-order chi connectivity index (χ0) is 13.7. The van der Waals surface area contributed by atoms with Crippen molar-refractivity contribution in [2.75, 3.05) is 5.32 Å². The van der Waals surface area contributed by atoms with Crippen molar-refractivity contribution in [3.63, 3.8) is 0 Å². The molecule has 2 rings (SSSR count). The minimum Gasteiger partial charge on any atom is -0.376 e. The van der Waals surface area contributed by atoms with Crippen molar-refractivity contribution in [2.24, 2.45) is 0 Å².